The van der Waals surface area contributed by atoms with Crippen LogP contribution in [0.1, 0.15) is 44.1 Å². The fourth-order valence-electron chi connectivity index (χ4n) is 3.67. The zero-order chi connectivity index (χ0) is 15.4. The Morgan fingerprint density at radius 1 is 1.18 bits per heavy atom. The lowest BCUT2D eigenvalue weighted by molar-refractivity contribution is -0.127. The molecule has 1 aromatic rings. The van der Waals surface area contributed by atoms with Crippen LogP contribution in [-0.2, 0) is 11.3 Å². The Bertz CT molecular complexity index is 514. The number of carbonyl (C=O) groups is 1. The molecule has 0 spiro atoms. The van der Waals surface area contributed by atoms with E-state index in [1.807, 2.05) is 12.1 Å². The molecule has 1 aliphatic carbocycles. The van der Waals surface area contributed by atoms with Gasteiger partial charge in [-0.1, -0.05) is 31.0 Å². The molecule has 22 heavy (non-hydrogen) atoms. The molecule has 2 fully saturated rings. The van der Waals surface area contributed by atoms with Crippen LogP contribution in [0.5, 0.6) is 0 Å². The van der Waals surface area contributed by atoms with Crippen molar-refractivity contribution >= 4 is 5.91 Å². The van der Waals surface area contributed by atoms with Gasteiger partial charge in [0, 0.05) is 24.7 Å². The monoisotopic (exact) mass is 304 g/mol. The average Bonchev–Trinajstić information content (AvgIpc) is 3.03. The summed E-state index contributed by atoms with van der Waals surface area (Å²) in [7, 11) is 0. The number of nitrogens with zero attached hydrogens (tertiary/aromatic N) is 1. The van der Waals surface area contributed by atoms with Crippen molar-refractivity contribution in [2.45, 2.75) is 51.1 Å². The topological polar surface area (TPSA) is 32.3 Å². The number of carbonyl (C=O) groups excluding carboxylic acids is 1. The molecule has 4 heteroatoms. The van der Waals surface area contributed by atoms with Crippen molar-refractivity contribution in [2.24, 2.45) is 5.92 Å². The Hall–Kier alpha value is -1.42. The minimum Gasteiger partial charge on any atom is -0.353 e. The molecule has 1 saturated carbocycles. The average molecular weight is 304 g/mol. The lowest BCUT2D eigenvalue weighted by atomic mass is 9.96. The Labute approximate surface area is 131 Å². The summed E-state index contributed by atoms with van der Waals surface area (Å²) >= 11 is 0. The molecule has 1 saturated heterocycles. The quantitative estimate of drug-likeness (QED) is 0.927. The molecule has 120 valence electrons. The number of amides is 1. The van der Waals surface area contributed by atoms with E-state index in [1.54, 1.807) is 6.07 Å². The van der Waals surface area contributed by atoms with Crippen LogP contribution in [0.25, 0.3) is 0 Å². The summed E-state index contributed by atoms with van der Waals surface area (Å²) < 4.78 is 13.8. The summed E-state index contributed by atoms with van der Waals surface area (Å²) in [6, 6.07) is 7.30. The molecule has 0 radical (unpaired) electrons. The highest BCUT2D eigenvalue weighted by Crippen LogP contribution is 2.22. The standard InChI is InChI=1S/C18H25FN2O/c19-17-10-4-1-6-14(17)12-21-11-5-7-15(13-21)18(22)20-16-8-2-3-9-16/h1,4,6,10,15-16H,2-3,5,7-9,11-13H2,(H,20,22). The predicted molar refractivity (Wildman–Crippen MR) is 84.8 cm³/mol. The van der Waals surface area contributed by atoms with Gasteiger partial charge in [0.1, 0.15) is 5.82 Å². The molecule has 3 rings (SSSR count). The molecular formula is C18H25FN2O. The van der Waals surface area contributed by atoms with Crippen molar-refractivity contribution in [2.75, 3.05) is 13.1 Å². The number of hydrogen-bond donors (Lipinski definition) is 1. The molecule has 1 aromatic carbocycles. The smallest absolute Gasteiger partial charge is 0.224 e. The van der Waals surface area contributed by atoms with Gasteiger partial charge in [-0.15, -0.1) is 0 Å². The summed E-state index contributed by atoms with van der Waals surface area (Å²) in [6.07, 6.45) is 6.67. The maximum atomic E-state index is 13.8. The van der Waals surface area contributed by atoms with Crippen LogP contribution in [0.15, 0.2) is 24.3 Å². The van der Waals surface area contributed by atoms with Gasteiger partial charge in [0.15, 0.2) is 0 Å². The lowest BCUT2D eigenvalue weighted by Crippen LogP contribution is -2.45. The zero-order valence-corrected chi connectivity index (χ0v) is 13.1. The molecule has 1 heterocycles. The number of hydrogen-bond acceptors (Lipinski definition) is 2. The summed E-state index contributed by atoms with van der Waals surface area (Å²) in [6.45, 7) is 2.29. The highest BCUT2D eigenvalue weighted by Gasteiger charge is 2.28. The van der Waals surface area contributed by atoms with Crippen molar-refractivity contribution < 1.29 is 9.18 Å². The normalized spacial score (nSPS) is 23.6. The Morgan fingerprint density at radius 2 is 1.95 bits per heavy atom. The van der Waals surface area contributed by atoms with Gasteiger partial charge in [-0.2, -0.15) is 0 Å². The second kappa shape index (κ2) is 7.23. The Kier molecular flexibility index (Phi) is 5.08. The maximum Gasteiger partial charge on any atom is 0.224 e. The molecule has 0 bridgehead atoms. The summed E-state index contributed by atoms with van der Waals surface area (Å²) in [5.41, 5.74) is 0.722. The van der Waals surface area contributed by atoms with E-state index in [0.29, 0.717) is 12.6 Å². The van der Waals surface area contributed by atoms with Crippen molar-refractivity contribution in [3.8, 4) is 0 Å². The van der Waals surface area contributed by atoms with Crippen LogP contribution in [0, 0.1) is 11.7 Å². The van der Waals surface area contributed by atoms with Crippen LogP contribution in [0.2, 0.25) is 0 Å². The van der Waals surface area contributed by atoms with Gasteiger partial charge in [-0.05, 0) is 38.3 Å². The first kappa shape index (κ1) is 15.5. The molecule has 1 atom stereocenters. The summed E-state index contributed by atoms with van der Waals surface area (Å²) in [5.74, 6) is 0.103. The number of piperidine rings is 1. The van der Waals surface area contributed by atoms with Crippen molar-refractivity contribution in [3.63, 3.8) is 0 Å². The van der Waals surface area contributed by atoms with E-state index in [1.165, 1.54) is 18.9 Å². The second-order valence-corrected chi connectivity index (χ2v) is 6.66. The number of rotatable bonds is 4. The number of benzene rings is 1. The summed E-state index contributed by atoms with van der Waals surface area (Å²) in [4.78, 5) is 14.6. The van der Waals surface area contributed by atoms with E-state index >= 15 is 0 Å². The molecule has 0 aromatic heterocycles. The van der Waals surface area contributed by atoms with Crippen LogP contribution in [0.4, 0.5) is 4.39 Å². The van der Waals surface area contributed by atoms with E-state index in [9.17, 15) is 9.18 Å². The first-order chi connectivity index (χ1) is 10.7. The third kappa shape index (κ3) is 3.86. The summed E-state index contributed by atoms with van der Waals surface area (Å²) in [5, 5.41) is 3.20. The van der Waals surface area contributed by atoms with Crippen LogP contribution in [0.3, 0.4) is 0 Å². The SMILES string of the molecule is O=C(NC1CCCC1)C1CCCN(Cc2ccccc2F)C1. The molecule has 1 amide bonds. The van der Waals surface area contributed by atoms with Gasteiger partial charge in [0.05, 0.1) is 5.92 Å². The largest absolute Gasteiger partial charge is 0.353 e. The second-order valence-electron chi connectivity index (χ2n) is 6.66. The van der Waals surface area contributed by atoms with Crippen LogP contribution < -0.4 is 5.32 Å². The first-order valence-corrected chi connectivity index (χ1v) is 8.48. The van der Waals surface area contributed by atoms with Gasteiger partial charge in [0.25, 0.3) is 0 Å². The number of nitrogens with one attached hydrogen (secondary N) is 1. The van der Waals surface area contributed by atoms with Crippen molar-refractivity contribution in [1.82, 2.24) is 10.2 Å². The molecule has 1 N–H and O–H groups in total. The van der Waals surface area contributed by atoms with Gasteiger partial charge in [0.2, 0.25) is 5.91 Å². The van der Waals surface area contributed by atoms with E-state index in [4.69, 9.17) is 0 Å². The third-order valence-electron chi connectivity index (χ3n) is 4.93. The molecule has 1 unspecified atom stereocenters. The van der Waals surface area contributed by atoms with Gasteiger partial charge >= 0.3 is 0 Å². The predicted octanol–water partition coefficient (Wildman–Crippen LogP) is 3.10. The third-order valence-corrected chi connectivity index (χ3v) is 4.93. The minimum atomic E-state index is -0.153. The fraction of sp³-hybridized carbons (Fsp3) is 0.611. The van der Waals surface area contributed by atoms with E-state index in [-0.39, 0.29) is 17.6 Å². The van der Waals surface area contributed by atoms with Crippen LogP contribution in [-0.4, -0.2) is 29.9 Å². The highest BCUT2D eigenvalue weighted by molar-refractivity contribution is 5.79. The molecule has 2 aliphatic rings. The first-order valence-electron chi connectivity index (χ1n) is 8.48. The van der Waals surface area contributed by atoms with E-state index < -0.39 is 0 Å². The Balaban J connectivity index is 1.54. The van der Waals surface area contributed by atoms with Gasteiger partial charge < -0.3 is 5.32 Å². The maximum absolute atomic E-state index is 13.8. The van der Waals surface area contributed by atoms with Crippen LogP contribution >= 0.6 is 0 Å². The van der Waals surface area contributed by atoms with E-state index in [2.05, 4.69) is 10.2 Å². The van der Waals surface area contributed by atoms with E-state index in [0.717, 1.165) is 44.3 Å². The number of likely N-dealkylation sites (tertiary alicyclic amines) is 1. The van der Waals surface area contributed by atoms with Crippen molar-refractivity contribution in [3.05, 3.63) is 35.6 Å². The van der Waals surface area contributed by atoms with Crippen molar-refractivity contribution in [1.29, 1.82) is 0 Å². The molecule has 1 aliphatic heterocycles. The van der Waals surface area contributed by atoms with Gasteiger partial charge in [-0.3, -0.25) is 9.69 Å². The molecule has 3 nitrogen and oxygen atoms in total. The highest BCUT2D eigenvalue weighted by atomic mass is 19.1. The molecular weight excluding hydrogens is 279 g/mol. The lowest BCUT2D eigenvalue weighted by Gasteiger charge is -2.32. The minimum absolute atomic E-state index is 0.0566. The van der Waals surface area contributed by atoms with Gasteiger partial charge in [-0.25, -0.2) is 4.39 Å². The Morgan fingerprint density at radius 3 is 2.73 bits per heavy atom. The number of halogens is 1. The fourth-order valence-corrected chi connectivity index (χ4v) is 3.67. The zero-order valence-electron chi connectivity index (χ0n) is 13.1.